The smallest absolute Gasteiger partial charge is 0.421 e. The average molecular weight is 556 g/mol. The zero-order chi connectivity index (χ0) is 27.2. The van der Waals surface area contributed by atoms with Crippen molar-refractivity contribution in [1.29, 1.82) is 0 Å². The third-order valence-corrected chi connectivity index (χ3v) is 7.42. The highest BCUT2D eigenvalue weighted by Crippen LogP contribution is 2.36. The van der Waals surface area contributed by atoms with Gasteiger partial charge in [-0.05, 0) is 32.8 Å². The van der Waals surface area contributed by atoms with Crippen molar-refractivity contribution in [3.63, 3.8) is 0 Å². The average Bonchev–Trinajstić information content (AvgIpc) is 3.18. The number of sulfonamides is 2. The molecule has 2 aromatic heterocycles. The lowest BCUT2D eigenvalue weighted by Gasteiger charge is -2.22. The summed E-state index contributed by atoms with van der Waals surface area (Å²) >= 11 is 0. The van der Waals surface area contributed by atoms with Gasteiger partial charge in [0.15, 0.2) is 26.7 Å². The maximum Gasteiger partial charge on any atom is 0.480 e. The summed E-state index contributed by atoms with van der Waals surface area (Å²) in [5, 5.41) is 4.53. The lowest BCUT2D eigenvalue weighted by molar-refractivity contribution is -0.708. The molecule has 0 aliphatic rings. The Kier molecular flexibility index (Phi) is 10.4. The van der Waals surface area contributed by atoms with Crippen LogP contribution in [0, 0.1) is 20.8 Å². The van der Waals surface area contributed by atoms with Crippen LogP contribution in [-0.4, -0.2) is 42.2 Å². The molecule has 0 aromatic carbocycles. The van der Waals surface area contributed by atoms with Crippen LogP contribution in [0.15, 0.2) is 18.5 Å². The van der Waals surface area contributed by atoms with Crippen LogP contribution in [0.25, 0.3) is 4.13 Å². The van der Waals surface area contributed by atoms with Crippen molar-refractivity contribution in [3.05, 3.63) is 39.8 Å². The lowest BCUT2D eigenvalue weighted by Crippen LogP contribution is -2.39. The van der Waals surface area contributed by atoms with Gasteiger partial charge in [0.1, 0.15) is 12.4 Å². The molecule has 0 saturated heterocycles. The number of aryl methyl sites for hydroxylation is 3. The second-order valence-electron chi connectivity index (χ2n) is 7.55. The van der Waals surface area contributed by atoms with E-state index in [2.05, 4.69) is 58.1 Å². The van der Waals surface area contributed by atoms with Gasteiger partial charge in [-0.1, -0.05) is 19.8 Å². The zero-order valence-electron chi connectivity index (χ0n) is 19.4. The number of alkyl halides is 6. The third kappa shape index (κ3) is 8.79. The molecule has 0 radical (unpaired) electrons. The van der Waals surface area contributed by atoms with Crippen molar-refractivity contribution < 1.29 is 47.7 Å². The molecule has 17 heteroatoms. The van der Waals surface area contributed by atoms with E-state index >= 15 is 0 Å². The predicted molar refractivity (Wildman–Crippen MR) is 114 cm³/mol. The molecular formula is C18H27F6N5O4S2. The second kappa shape index (κ2) is 11.7. The summed E-state index contributed by atoms with van der Waals surface area (Å²) in [4.78, 5) is 0. The maximum atomic E-state index is 11.4. The quantitative estimate of drug-likeness (QED) is 0.264. The fraction of sp³-hybridized carbons (Fsp3) is 0.667. The first-order chi connectivity index (χ1) is 15.8. The van der Waals surface area contributed by atoms with Crippen molar-refractivity contribution in [2.45, 2.75) is 77.6 Å². The number of unbranched alkanes of at least 4 members (excludes halogenated alkanes) is 3. The number of hydrogen-bond acceptors (Lipinski definition) is 5. The number of nitrogens with zero attached hydrogens (tertiary/aromatic N) is 5. The topological polar surface area (TPSA) is 109 Å². The molecule has 0 atom stereocenters. The highest BCUT2D eigenvalue weighted by molar-refractivity contribution is 8.13. The van der Waals surface area contributed by atoms with Crippen LogP contribution in [0.5, 0.6) is 0 Å². The fourth-order valence-electron chi connectivity index (χ4n) is 2.81. The van der Waals surface area contributed by atoms with Crippen molar-refractivity contribution in [2.24, 2.45) is 0 Å². The molecule has 2 heterocycles. The van der Waals surface area contributed by atoms with Crippen LogP contribution in [-0.2, 0) is 33.3 Å². The van der Waals surface area contributed by atoms with E-state index in [-0.39, 0.29) is 0 Å². The van der Waals surface area contributed by atoms with Gasteiger partial charge >= 0.3 is 11.0 Å². The molecule has 0 unspecified atom stereocenters. The Bertz CT molecular complexity index is 1140. The summed E-state index contributed by atoms with van der Waals surface area (Å²) in [6.45, 7) is 10.5. The minimum atomic E-state index is -6.72. The molecule has 0 aliphatic carbocycles. The number of imidazole rings is 1. The molecule has 2 aromatic rings. The van der Waals surface area contributed by atoms with Gasteiger partial charge < -0.3 is 4.13 Å². The molecule has 0 N–H and O–H groups in total. The molecule has 0 fully saturated rings. The minimum absolute atomic E-state index is 0.778. The molecule has 0 amide bonds. The molecular weight excluding hydrogens is 528 g/mol. The van der Waals surface area contributed by atoms with Crippen molar-refractivity contribution in [1.82, 2.24) is 14.3 Å². The Hall–Kier alpha value is -2.14. The van der Waals surface area contributed by atoms with Gasteiger partial charge in [0, 0.05) is 12.6 Å². The van der Waals surface area contributed by atoms with E-state index in [1.165, 1.54) is 37.2 Å². The van der Waals surface area contributed by atoms with E-state index in [0.29, 0.717) is 0 Å². The summed E-state index contributed by atoms with van der Waals surface area (Å²) in [5.41, 5.74) is -10.1. The van der Waals surface area contributed by atoms with E-state index < -0.39 is 31.1 Å². The summed E-state index contributed by atoms with van der Waals surface area (Å²) in [6.07, 6.45) is 9.57. The SMILES string of the molecule is CCCCCCn1cc[n+](Cn2nc(C)cc2C)c1C.O=S(=O)([N-]S(=O)(=O)C(F)(F)F)C(F)(F)F. The first-order valence-corrected chi connectivity index (χ1v) is 13.1. The van der Waals surface area contributed by atoms with Crippen molar-refractivity contribution in [2.75, 3.05) is 0 Å². The van der Waals surface area contributed by atoms with E-state index in [1.54, 1.807) is 0 Å². The summed E-state index contributed by atoms with van der Waals surface area (Å²) in [7, 11) is -13.4. The third-order valence-electron chi connectivity index (χ3n) is 4.68. The van der Waals surface area contributed by atoms with Crippen molar-refractivity contribution in [3.8, 4) is 0 Å². The lowest BCUT2D eigenvalue weighted by atomic mass is 10.2. The van der Waals surface area contributed by atoms with Gasteiger partial charge in [-0.25, -0.2) is 30.7 Å². The highest BCUT2D eigenvalue weighted by atomic mass is 32.3. The molecule has 0 spiro atoms. The second-order valence-corrected chi connectivity index (χ2v) is 11.0. The van der Waals surface area contributed by atoms with E-state index in [4.69, 9.17) is 0 Å². The van der Waals surface area contributed by atoms with Crippen LogP contribution in [0.3, 0.4) is 0 Å². The molecule has 35 heavy (non-hydrogen) atoms. The molecule has 0 saturated carbocycles. The van der Waals surface area contributed by atoms with Crippen LogP contribution in [0.2, 0.25) is 0 Å². The zero-order valence-corrected chi connectivity index (χ0v) is 21.1. The Morgan fingerprint density at radius 3 is 1.91 bits per heavy atom. The van der Waals surface area contributed by atoms with Crippen LogP contribution in [0.4, 0.5) is 26.3 Å². The molecule has 202 valence electrons. The van der Waals surface area contributed by atoms with Crippen molar-refractivity contribution >= 4 is 20.0 Å². The van der Waals surface area contributed by atoms with Gasteiger partial charge in [-0.15, -0.1) is 0 Å². The first-order valence-electron chi connectivity index (χ1n) is 10.3. The Balaban J connectivity index is 0.000000367. The van der Waals surface area contributed by atoms with E-state index in [1.807, 2.05) is 6.92 Å². The first kappa shape index (κ1) is 30.9. The van der Waals surface area contributed by atoms with E-state index in [9.17, 15) is 43.2 Å². The standard InChI is InChI=1S/C16H27N4.C2F6NO4S2/c1-5-6-7-8-9-18-10-11-19(16(18)4)13-20-15(3)12-14(2)17-20;3-1(4,5)14(10,11)9-15(12,13)2(6,7)8/h10-12H,5-9,13H2,1-4H3;/q+1;-1. The van der Waals surface area contributed by atoms with Crippen LogP contribution >= 0.6 is 0 Å². The van der Waals surface area contributed by atoms with Gasteiger partial charge in [-0.3, -0.25) is 0 Å². The summed E-state index contributed by atoms with van der Waals surface area (Å²) < 4.78 is 116. The number of aromatic nitrogens is 4. The monoisotopic (exact) mass is 555 g/mol. The highest BCUT2D eigenvalue weighted by Gasteiger charge is 2.46. The van der Waals surface area contributed by atoms with Gasteiger partial charge in [0.2, 0.25) is 0 Å². The largest absolute Gasteiger partial charge is 0.480 e. The Labute approximate surface area is 199 Å². The number of rotatable bonds is 9. The Morgan fingerprint density at radius 2 is 1.49 bits per heavy atom. The molecule has 9 nitrogen and oxygen atoms in total. The van der Waals surface area contributed by atoms with Crippen LogP contribution < -0.4 is 4.57 Å². The number of hydrogen-bond donors (Lipinski definition) is 0. The summed E-state index contributed by atoms with van der Waals surface area (Å²) in [5.74, 6) is 1.30. The minimum Gasteiger partial charge on any atom is -0.421 e. The van der Waals surface area contributed by atoms with Gasteiger partial charge in [0.05, 0.1) is 12.2 Å². The van der Waals surface area contributed by atoms with Crippen LogP contribution in [0.1, 0.15) is 49.8 Å². The maximum absolute atomic E-state index is 11.4. The Morgan fingerprint density at radius 1 is 0.943 bits per heavy atom. The summed E-state index contributed by atoms with van der Waals surface area (Å²) in [6, 6.07) is 2.12. The molecule has 0 aliphatic heterocycles. The van der Waals surface area contributed by atoms with E-state index in [0.717, 1.165) is 23.0 Å². The van der Waals surface area contributed by atoms with Gasteiger partial charge in [-0.2, -0.15) is 31.4 Å². The fourth-order valence-corrected chi connectivity index (χ4v) is 4.52. The molecule has 2 rings (SSSR count). The van der Waals surface area contributed by atoms with Gasteiger partial charge in [0.25, 0.3) is 5.82 Å². The predicted octanol–water partition coefficient (Wildman–Crippen LogP) is 4.04. The molecule has 0 bridgehead atoms. The number of halogens is 6. The normalized spacial score (nSPS) is 13.0.